The Morgan fingerprint density at radius 3 is 2.53 bits per heavy atom. The molecule has 0 aliphatic carbocycles. The first-order chi connectivity index (χ1) is 16.9. The highest BCUT2D eigenvalue weighted by Gasteiger charge is 2.72. The van der Waals surface area contributed by atoms with Crippen molar-refractivity contribution < 1.29 is 29.0 Å². The third kappa shape index (κ3) is 4.74. The molecule has 2 saturated heterocycles. The Kier molecular flexibility index (Phi) is 7.41. The molecule has 5 atom stereocenters. The first kappa shape index (κ1) is 26.9. The van der Waals surface area contributed by atoms with Gasteiger partial charge in [0.05, 0.1) is 18.6 Å². The average molecular weight is 503 g/mol. The van der Waals surface area contributed by atoms with Crippen LogP contribution in [0.25, 0.3) is 0 Å². The van der Waals surface area contributed by atoms with Crippen LogP contribution in [0.3, 0.4) is 0 Å². The Hall–Kier alpha value is -2.19. The zero-order valence-corrected chi connectivity index (χ0v) is 22.4. The lowest BCUT2D eigenvalue weighted by molar-refractivity contribution is -0.155. The van der Waals surface area contributed by atoms with E-state index in [2.05, 4.69) is 34.6 Å². The molecule has 0 saturated carbocycles. The number of aliphatic hydroxyl groups is 1. The normalized spacial score (nSPS) is 33.8. The van der Waals surface area contributed by atoms with E-state index in [1.165, 1.54) is 0 Å². The molecule has 0 aromatic heterocycles. The van der Waals surface area contributed by atoms with Crippen LogP contribution in [0.1, 0.15) is 66.7 Å². The highest BCUT2D eigenvalue weighted by atomic mass is 16.6. The quantitative estimate of drug-likeness (QED) is 0.341. The van der Waals surface area contributed by atoms with Crippen molar-refractivity contribution in [2.75, 3.05) is 26.3 Å². The number of amides is 2. The minimum Gasteiger partial charge on any atom is -0.465 e. The molecule has 8 nitrogen and oxygen atoms in total. The summed E-state index contributed by atoms with van der Waals surface area (Å²) < 4.78 is 12.2. The molecular weight excluding hydrogens is 460 g/mol. The molecule has 4 aliphatic rings. The Balaban J connectivity index is 1.78. The van der Waals surface area contributed by atoms with Gasteiger partial charge in [-0.1, -0.05) is 45.1 Å². The van der Waals surface area contributed by atoms with Crippen molar-refractivity contribution >= 4 is 17.8 Å². The minimum atomic E-state index is -1.24. The predicted molar refractivity (Wildman–Crippen MR) is 135 cm³/mol. The van der Waals surface area contributed by atoms with Gasteiger partial charge in [0, 0.05) is 25.2 Å². The number of carbonyl (C=O) groups is 3. The first-order valence-corrected chi connectivity index (χ1v) is 13.3. The molecule has 2 fully saturated rings. The van der Waals surface area contributed by atoms with Gasteiger partial charge in [-0.15, -0.1) is 0 Å². The molecular formula is C28H42N2O6. The number of esters is 1. The molecule has 1 N–H and O–H groups in total. The number of unbranched alkanes of at least 4 members (excludes halogenated alkanes) is 1. The summed E-state index contributed by atoms with van der Waals surface area (Å²) in [5, 5.41) is 9.34. The fourth-order valence-corrected chi connectivity index (χ4v) is 6.83. The molecule has 8 heteroatoms. The molecule has 4 rings (SSSR count). The Labute approximate surface area is 214 Å². The molecule has 200 valence electrons. The summed E-state index contributed by atoms with van der Waals surface area (Å²) in [5.74, 6) is -2.47. The van der Waals surface area contributed by atoms with Crippen LogP contribution in [0.2, 0.25) is 0 Å². The van der Waals surface area contributed by atoms with E-state index >= 15 is 0 Å². The van der Waals surface area contributed by atoms with Crippen LogP contribution in [0.4, 0.5) is 0 Å². The van der Waals surface area contributed by atoms with E-state index in [0.29, 0.717) is 32.5 Å². The largest absolute Gasteiger partial charge is 0.465 e. The van der Waals surface area contributed by atoms with Crippen LogP contribution < -0.4 is 0 Å². The number of hydrogen-bond donors (Lipinski definition) is 1. The van der Waals surface area contributed by atoms with Gasteiger partial charge < -0.3 is 24.4 Å². The van der Waals surface area contributed by atoms with Gasteiger partial charge in [-0.25, -0.2) is 0 Å². The summed E-state index contributed by atoms with van der Waals surface area (Å²) >= 11 is 0. The van der Waals surface area contributed by atoms with Gasteiger partial charge in [0.2, 0.25) is 11.8 Å². The molecule has 36 heavy (non-hydrogen) atoms. The number of fused-ring (bicyclic) bond motifs is 2. The van der Waals surface area contributed by atoms with E-state index in [-0.39, 0.29) is 23.8 Å². The lowest BCUT2D eigenvalue weighted by Crippen LogP contribution is -2.59. The van der Waals surface area contributed by atoms with Gasteiger partial charge in [-0.3, -0.25) is 14.4 Å². The van der Waals surface area contributed by atoms with Crippen molar-refractivity contribution in [3.05, 3.63) is 24.3 Å². The van der Waals surface area contributed by atoms with Crippen molar-refractivity contribution in [2.45, 2.75) is 90.0 Å². The SMILES string of the molecule is CC(C)(C)CC(C)(C)N1CC=C[C@]23O[C@@H]4/C=C\CCCOC(=O)[C@@H]4[C@H]2C(=O)N(CCCCO)C3C1=O. The summed E-state index contributed by atoms with van der Waals surface area (Å²) in [6.07, 6.45) is 10.4. The summed E-state index contributed by atoms with van der Waals surface area (Å²) in [7, 11) is 0. The molecule has 1 unspecified atom stereocenters. The topological polar surface area (TPSA) is 96.4 Å². The van der Waals surface area contributed by atoms with Crippen LogP contribution in [-0.4, -0.2) is 82.3 Å². The van der Waals surface area contributed by atoms with Gasteiger partial charge in [0.15, 0.2) is 0 Å². The third-order valence-electron chi connectivity index (χ3n) is 7.85. The molecule has 0 aromatic carbocycles. The van der Waals surface area contributed by atoms with E-state index in [1.807, 2.05) is 29.2 Å². The lowest BCUT2D eigenvalue weighted by Gasteiger charge is -2.44. The highest BCUT2D eigenvalue weighted by Crippen LogP contribution is 2.53. The minimum absolute atomic E-state index is 0.00527. The fraction of sp³-hybridized carbons (Fsp3) is 0.750. The molecule has 2 amide bonds. The van der Waals surface area contributed by atoms with Crippen LogP contribution in [0, 0.1) is 17.3 Å². The number of likely N-dealkylation sites (tertiary alicyclic amines) is 1. The first-order valence-electron chi connectivity index (χ1n) is 13.3. The van der Waals surface area contributed by atoms with Gasteiger partial charge in [0.25, 0.3) is 0 Å². The number of carbonyl (C=O) groups excluding carboxylic acids is 3. The predicted octanol–water partition coefficient (Wildman–Crippen LogP) is 2.85. The maximum absolute atomic E-state index is 14.4. The third-order valence-corrected chi connectivity index (χ3v) is 7.85. The van der Waals surface area contributed by atoms with E-state index in [4.69, 9.17) is 9.47 Å². The molecule has 0 bridgehead atoms. The number of hydrogen-bond acceptors (Lipinski definition) is 6. The van der Waals surface area contributed by atoms with Crippen LogP contribution >= 0.6 is 0 Å². The summed E-state index contributed by atoms with van der Waals surface area (Å²) in [6, 6.07) is -0.872. The molecule has 0 aromatic rings. The molecule has 4 heterocycles. The fourth-order valence-electron chi connectivity index (χ4n) is 6.83. The maximum atomic E-state index is 14.4. The summed E-state index contributed by atoms with van der Waals surface area (Å²) in [4.78, 5) is 45.1. The number of cyclic esters (lactones) is 1. The average Bonchev–Trinajstić information content (AvgIpc) is 3.17. The summed E-state index contributed by atoms with van der Waals surface area (Å²) in [5.41, 5.74) is -1.70. The number of allylic oxidation sites excluding steroid dienone is 1. The highest BCUT2D eigenvalue weighted by molar-refractivity contribution is 5.99. The zero-order chi connectivity index (χ0) is 26.3. The van der Waals surface area contributed by atoms with Crippen LogP contribution in [0.5, 0.6) is 0 Å². The second-order valence-corrected chi connectivity index (χ2v) is 12.4. The van der Waals surface area contributed by atoms with Crippen molar-refractivity contribution in [3.63, 3.8) is 0 Å². The van der Waals surface area contributed by atoms with E-state index < -0.39 is 41.1 Å². The van der Waals surface area contributed by atoms with E-state index in [9.17, 15) is 19.5 Å². The number of rotatable bonds is 6. The Bertz CT molecular complexity index is 935. The molecule has 1 spiro atoms. The molecule has 4 aliphatic heterocycles. The van der Waals surface area contributed by atoms with Crippen molar-refractivity contribution in [2.24, 2.45) is 17.3 Å². The van der Waals surface area contributed by atoms with E-state index in [1.54, 1.807) is 4.90 Å². The van der Waals surface area contributed by atoms with Gasteiger partial charge in [0.1, 0.15) is 17.6 Å². The van der Waals surface area contributed by atoms with Crippen molar-refractivity contribution in [3.8, 4) is 0 Å². The lowest BCUT2D eigenvalue weighted by atomic mass is 9.77. The van der Waals surface area contributed by atoms with Crippen molar-refractivity contribution in [1.82, 2.24) is 9.80 Å². The van der Waals surface area contributed by atoms with Crippen molar-refractivity contribution in [1.29, 1.82) is 0 Å². The molecule has 0 radical (unpaired) electrons. The Morgan fingerprint density at radius 1 is 1.08 bits per heavy atom. The Morgan fingerprint density at radius 2 is 1.83 bits per heavy atom. The van der Waals surface area contributed by atoms with Gasteiger partial charge >= 0.3 is 5.97 Å². The van der Waals surface area contributed by atoms with E-state index in [0.717, 1.165) is 19.3 Å². The van der Waals surface area contributed by atoms with Gasteiger partial charge in [-0.2, -0.15) is 0 Å². The summed E-state index contributed by atoms with van der Waals surface area (Å²) in [6.45, 7) is 11.6. The smallest absolute Gasteiger partial charge is 0.312 e. The second-order valence-electron chi connectivity index (χ2n) is 12.4. The van der Waals surface area contributed by atoms with Crippen LogP contribution in [0.15, 0.2) is 24.3 Å². The van der Waals surface area contributed by atoms with Crippen LogP contribution in [-0.2, 0) is 23.9 Å². The number of nitrogens with zero attached hydrogens (tertiary/aromatic N) is 2. The number of aliphatic hydroxyl groups excluding tert-OH is 1. The maximum Gasteiger partial charge on any atom is 0.312 e. The van der Waals surface area contributed by atoms with Gasteiger partial charge in [-0.05, 0) is 51.4 Å². The standard InChI is InChI=1S/C28H42N2O6/c1-26(2,3)18-27(4,5)30-15-11-13-28-21(20-19(36-28)12-7-6-10-17-35-25(20)34)23(32)29(14-8-9-16-31)22(28)24(30)33/h7,11-13,19-22,31H,6,8-10,14-18H2,1-5H3/b12-7-/t19-,20+,21+,22?,28+/m1/s1. The number of ether oxygens (including phenoxy) is 2. The second kappa shape index (κ2) is 9.93. The monoisotopic (exact) mass is 502 g/mol. The zero-order valence-electron chi connectivity index (χ0n) is 22.4.